The summed E-state index contributed by atoms with van der Waals surface area (Å²) >= 11 is 0. The average molecular weight is 257 g/mol. The number of hydrogen-bond acceptors (Lipinski definition) is 0. The first kappa shape index (κ1) is 26.1. The van der Waals surface area contributed by atoms with Crippen LogP contribution in [0.15, 0.2) is 23.3 Å². The molecule has 0 heteroatoms. The zero-order valence-corrected chi connectivity index (χ0v) is 15.0. The molecular weight excluding hydrogens is 216 g/mol. The van der Waals surface area contributed by atoms with Crippen LogP contribution < -0.4 is 0 Å². The first-order valence-corrected chi connectivity index (χ1v) is 7.64. The predicted molar refractivity (Wildman–Crippen MR) is 91.4 cm³/mol. The molecule has 0 nitrogen and oxygen atoms in total. The normalized spacial score (nSPS) is 7.22. The summed E-state index contributed by atoms with van der Waals surface area (Å²) in [6.45, 7) is 21.2. The number of rotatable bonds is 2. The van der Waals surface area contributed by atoms with Crippen LogP contribution in [0.3, 0.4) is 0 Å². The Bertz CT molecular complexity index is 133. The molecular formula is C18H40. The van der Waals surface area contributed by atoms with Crippen molar-refractivity contribution < 1.29 is 0 Å². The van der Waals surface area contributed by atoms with E-state index in [0.29, 0.717) is 0 Å². The van der Waals surface area contributed by atoms with Gasteiger partial charge in [0.15, 0.2) is 0 Å². The van der Waals surface area contributed by atoms with Crippen molar-refractivity contribution in [3.05, 3.63) is 23.3 Å². The Labute approximate surface area is 119 Å². The van der Waals surface area contributed by atoms with Crippen LogP contribution in [0, 0.1) is 0 Å². The Morgan fingerprint density at radius 1 is 0.556 bits per heavy atom. The molecule has 0 aliphatic carbocycles. The van der Waals surface area contributed by atoms with E-state index in [0.717, 1.165) is 0 Å². The van der Waals surface area contributed by atoms with Crippen LogP contribution in [0.1, 0.15) is 94.9 Å². The molecule has 0 radical (unpaired) electrons. The van der Waals surface area contributed by atoms with Crippen molar-refractivity contribution in [1.82, 2.24) is 0 Å². The predicted octanol–water partition coefficient (Wildman–Crippen LogP) is 7.56. The van der Waals surface area contributed by atoms with E-state index in [1.165, 1.54) is 36.8 Å². The van der Waals surface area contributed by atoms with E-state index >= 15 is 0 Å². The lowest BCUT2D eigenvalue weighted by Gasteiger charge is -1.80. The van der Waals surface area contributed by atoms with Crippen molar-refractivity contribution in [2.24, 2.45) is 0 Å². The standard InChI is InChI=1S/2C6H12.2C3H8/c2*1-4-5-6(2)3;2*1-3-2/h2*5H,4H2,1-3H3;2*3H2,1-2H3. The van der Waals surface area contributed by atoms with Gasteiger partial charge in [-0.2, -0.15) is 0 Å². The van der Waals surface area contributed by atoms with Crippen LogP contribution in [0.25, 0.3) is 0 Å². The highest BCUT2D eigenvalue weighted by molar-refractivity contribution is 4.91. The van der Waals surface area contributed by atoms with Gasteiger partial charge in [-0.1, -0.05) is 77.7 Å². The molecule has 0 aromatic heterocycles. The fraction of sp³-hybridized carbons (Fsp3) is 0.778. The van der Waals surface area contributed by atoms with Crippen molar-refractivity contribution >= 4 is 0 Å². The van der Waals surface area contributed by atoms with Crippen LogP contribution in [-0.4, -0.2) is 0 Å². The molecule has 0 aliphatic rings. The molecule has 0 aromatic rings. The lowest BCUT2D eigenvalue weighted by atomic mass is 10.3. The molecule has 0 aliphatic heterocycles. The molecule has 0 saturated carbocycles. The van der Waals surface area contributed by atoms with Gasteiger partial charge in [0, 0.05) is 0 Å². The van der Waals surface area contributed by atoms with E-state index in [4.69, 9.17) is 0 Å². The van der Waals surface area contributed by atoms with Gasteiger partial charge in [0.2, 0.25) is 0 Å². The van der Waals surface area contributed by atoms with Crippen molar-refractivity contribution in [3.63, 3.8) is 0 Å². The summed E-state index contributed by atoms with van der Waals surface area (Å²) in [5, 5.41) is 0. The van der Waals surface area contributed by atoms with E-state index in [1.54, 1.807) is 0 Å². The van der Waals surface area contributed by atoms with E-state index in [9.17, 15) is 0 Å². The third kappa shape index (κ3) is 108. The number of hydrogen-bond donors (Lipinski definition) is 0. The highest BCUT2D eigenvalue weighted by Gasteiger charge is 1.68. The molecule has 0 atom stereocenters. The summed E-state index contributed by atoms with van der Waals surface area (Å²) in [5.74, 6) is 0. The molecule has 0 spiro atoms. The van der Waals surface area contributed by atoms with Gasteiger partial charge in [0.05, 0.1) is 0 Å². The summed E-state index contributed by atoms with van der Waals surface area (Å²) in [6.07, 6.45) is 9.25. The second kappa shape index (κ2) is 30.0. The maximum atomic E-state index is 2.21. The SMILES string of the molecule is CCC.CCC.CCC=C(C)C.CCC=C(C)C. The van der Waals surface area contributed by atoms with Gasteiger partial charge < -0.3 is 0 Å². The van der Waals surface area contributed by atoms with Gasteiger partial charge in [-0.05, 0) is 40.5 Å². The van der Waals surface area contributed by atoms with E-state index < -0.39 is 0 Å². The minimum atomic E-state index is 1.17. The first-order chi connectivity index (χ1) is 8.37. The minimum Gasteiger partial charge on any atom is -0.0862 e. The Kier molecular flexibility index (Phi) is 43.5. The summed E-state index contributed by atoms with van der Waals surface area (Å²) in [6, 6.07) is 0. The van der Waals surface area contributed by atoms with Crippen molar-refractivity contribution in [3.8, 4) is 0 Å². The fourth-order valence-electron chi connectivity index (χ4n) is 0.816. The van der Waals surface area contributed by atoms with E-state index in [2.05, 4.69) is 81.4 Å². The summed E-state index contributed by atoms with van der Waals surface area (Å²) < 4.78 is 0. The molecule has 0 fully saturated rings. The topological polar surface area (TPSA) is 0 Å². The second-order valence-corrected chi connectivity index (χ2v) is 4.79. The van der Waals surface area contributed by atoms with Gasteiger partial charge >= 0.3 is 0 Å². The molecule has 0 saturated heterocycles. The zero-order valence-electron chi connectivity index (χ0n) is 15.0. The fourth-order valence-corrected chi connectivity index (χ4v) is 0.816. The molecule has 0 heterocycles. The molecule has 0 aromatic carbocycles. The van der Waals surface area contributed by atoms with Crippen LogP contribution in [0.5, 0.6) is 0 Å². The molecule has 0 amide bonds. The quantitative estimate of drug-likeness (QED) is 0.447. The van der Waals surface area contributed by atoms with Crippen LogP contribution in [0.4, 0.5) is 0 Å². The van der Waals surface area contributed by atoms with Gasteiger partial charge in [-0.15, -0.1) is 0 Å². The van der Waals surface area contributed by atoms with Gasteiger partial charge in [-0.25, -0.2) is 0 Å². The summed E-state index contributed by atoms with van der Waals surface area (Å²) in [5.41, 5.74) is 2.83. The number of allylic oxidation sites excluding steroid dienone is 4. The first-order valence-electron chi connectivity index (χ1n) is 7.64. The Morgan fingerprint density at radius 3 is 0.722 bits per heavy atom. The Morgan fingerprint density at radius 2 is 0.722 bits per heavy atom. The van der Waals surface area contributed by atoms with Crippen LogP contribution >= 0.6 is 0 Å². The largest absolute Gasteiger partial charge is 0.0862 e. The lowest BCUT2D eigenvalue weighted by Crippen LogP contribution is -1.58. The second-order valence-electron chi connectivity index (χ2n) is 4.79. The highest BCUT2D eigenvalue weighted by atomic mass is 13.8. The zero-order chi connectivity index (χ0) is 15.4. The van der Waals surface area contributed by atoms with Crippen LogP contribution in [0.2, 0.25) is 0 Å². The molecule has 0 N–H and O–H groups in total. The Balaban J connectivity index is -0.0000000770. The highest BCUT2D eigenvalue weighted by Crippen LogP contribution is 1.89. The molecule has 0 unspecified atom stereocenters. The van der Waals surface area contributed by atoms with Gasteiger partial charge in [-0.3, -0.25) is 0 Å². The van der Waals surface area contributed by atoms with Crippen molar-refractivity contribution in [1.29, 1.82) is 0 Å². The van der Waals surface area contributed by atoms with E-state index in [1.807, 2.05) is 0 Å². The lowest BCUT2D eigenvalue weighted by molar-refractivity contribution is 1.09. The third-order valence-corrected chi connectivity index (χ3v) is 1.22. The molecule has 18 heavy (non-hydrogen) atoms. The monoisotopic (exact) mass is 256 g/mol. The summed E-state index contributed by atoms with van der Waals surface area (Å²) in [7, 11) is 0. The van der Waals surface area contributed by atoms with E-state index in [-0.39, 0.29) is 0 Å². The molecule has 0 bridgehead atoms. The Hall–Kier alpha value is -0.520. The van der Waals surface area contributed by atoms with Gasteiger partial charge in [0.25, 0.3) is 0 Å². The molecule has 0 rings (SSSR count). The average Bonchev–Trinajstić information content (AvgIpc) is 2.20. The van der Waals surface area contributed by atoms with Crippen molar-refractivity contribution in [2.75, 3.05) is 0 Å². The summed E-state index contributed by atoms with van der Waals surface area (Å²) in [4.78, 5) is 0. The molecule has 112 valence electrons. The third-order valence-electron chi connectivity index (χ3n) is 1.22. The van der Waals surface area contributed by atoms with Crippen LogP contribution in [-0.2, 0) is 0 Å². The smallest absolute Gasteiger partial charge is 0.0377 e. The van der Waals surface area contributed by atoms with Crippen molar-refractivity contribution in [2.45, 2.75) is 94.9 Å². The minimum absolute atomic E-state index is 1.17. The maximum Gasteiger partial charge on any atom is -0.0377 e. The van der Waals surface area contributed by atoms with Gasteiger partial charge in [0.1, 0.15) is 0 Å². The maximum absolute atomic E-state index is 2.21.